The third kappa shape index (κ3) is 3.35. The first-order valence-corrected chi connectivity index (χ1v) is 7.92. The van der Waals surface area contributed by atoms with Crippen LogP contribution in [0.3, 0.4) is 0 Å². The first kappa shape index (κ1) is 14.3. The van der Waals surface area contributed by atoms with E-state index in [1.165, 1.54) is 25.7 Å². The monoisotopic (exact) mass is 302 g/mol. The van der Waals surface area contributed by atoms with Crippen molar-refractivity contribution in [2.75, 3.05) is 6.61 Å². The van der Waals surface area contributed by atoms with Gasteiger partial charge in [0.25, 0.3) is 0 Å². The fraction of sp³-hybridized carbons (Fsp3) is 0.412. The summed E-state index contributed by atoms with van der Waals surface area (Å²) < 4.78 is 5.46. The Morgan fingerprint density at radius 2 is 1.86 bits per heavy atom. The number of aromatic nitrogens is 2. The van der Waals surface area contributed by atoms with Gasteiger partial charge in [0, 0.05) is 17.2 Å². The van der Waals surface area contributed by atoms with Crippen LogP contribution in [0.5, 0.6) is 5.75 Å². The molecular weight excluding hydrogens is 284 g/mol. The highest BCUT2D eigenvalue weighted by Gasteiger charge is 2.20. The molecule has 0 aliphatic heterocycles. The van der Waals surface area contributed by atoms with Crippen LogP contribution < -0.4 is 4.74 Å². The first-order valence-electron chi connectivity index (χ1n) is 7.54. The molecule has 0 unspecified atom stereocenters. The van der Waals surface area contributed by atoms with Crippen LogP contribution in [-0.4, -0.2) is 16.6 Å². The van der Waals surface area contributed by atoms with E-state index < -0.39 is 0 Å². The molecule has 3 nitrogen and oxygen atoms in total. The van der Waals surface area contributed by atoms with Crippen LogP contribution in [0.25, 0.3) is 11.4 Å². The van der Waals surface area contributed by atoms with Crippen LogP contribution in [0, 0.1) is 0 Å². The molecular formula is C17H19ClN2O. The number of benzene rings is 1. The van der Waals surface area contributed by atoms with Gasteiger partial charge in [-0.15, -0.1) is 0 Å². The van der Waals surface area contributed by atoms with E-state index in [-0.39, 0.29) is 0 Å². The average Bonchev–Trinajstić information content (AvgIpc) is 3.02. The molecule has 1 heterocycles. The van der Waals surface area contributed by atoms with Gasteiger partial charge in [-0.3, -0.25) is 0 Å². The number of rotatable bonds is 4. The Morgan fingerprint density at radius 3 is 2.52 bits per heavy atom. The van der Waals surface area contributed by atoms with Crippen molar-refractivity contribution in [2.24, 2.45) is 0 Å². The lowest BCUT2D eigenvalue weighted by atomic mass is 10.0. The first-order chi connectivity index (χ1) is 10.3. The standard InChI is InChI=1S/C17H19ClN2O/c1-2-21-14-9-7-13(8-10-14)17-19-15(11-16(18)20-17)12-5-3-4-6-12/h7-12H,2-6H2,1H3. The topological polar surface area (TPSA) is 35.0 Å². The Hall–Kier alpha value is -1.61. The van der Waals surface area contributed by atoms with Crippen molar-refractivity contribution in [3.8, 4) is 17.1 Å². The summed E-state index contributed by atoms with van der Waals surface area (Å²) in [5.41, 5.74) is 2.05. The van der Waals surface area contributed by atoms with Gasteiger partial charge in [-0.25, -0.2) is 9.97 Å². The van der Waals surface area contributed by atoms with Crippen LogP contribution in [0.4, 0.5) is 0 Å². The van der Waals surface area contributed by atoms with E-state index >= 15 is 0 Å². The van der Waals surface area contributed by atoms with Crippen LogP contribution in [0.2, 0.25) is 5.15 Å². The van der Waals surface area contributed by atoms with E-state index in [1.807, 2.05) is 37.3 Å². The smallest absolute Gasteiger partial charge is 0.161 e. The second-order valence-electron chi connectivity index (χ2n) is 5.38. The SMILES string of the molecule is CCOc1ccc(-c2nc(Cl)cc(C3CCCC3)n2)cc1. The Morgan fingerprint density at radius 1 is 1.14 bits per heavy atom. The summed E-state index contributed by atoms with van der Waals surface area (Å²) in [5.74, 6) is 2.10. The number of nitrogens with zero attached hydrogens (tertiary/aromatic N) is 2. The number of hydrogen-bond acceptors (Lipinski definition) is 3. The normalized spacial score (nSPS) is 15.3. The molecule has 110 valence electrons. The molecule has 4 heteroatoms. The Labute approximate surface area is 130 Å². The molecule has 0 saturated heterocycles. The van der Waals surface area contributed by atoms with Crippen molar-refractivity contribution in [1.82, 2.24) is 9.97 Å². The van der Waals surface area contributed by atoms with Crippen LogP contribution in [0.1, 0.15) is 44.2 Å². The largest absolute Gasteiger partial charge is 0.494 e. The zero-order chi connectivity index (χ0) is 14.7. The molecule has 0 amide bonds. The zero-order valence-electron chi connectivity index (χ0n) is 12.2. The van der Waals surface area contributed by atoms with Crippen molar-refractivity contribution in [3.05, 3.63) is 41.2 Å². The van der Waals surface area contributed by atoms with Gasteiger partial charge in [0.2, 0.25) is 0 Å². The highest BCUT2D eigenvalue weighted by molar-refractivity contribution is 6.29. The quantitative estimate of drug-likeness (QED) is 0.757. The van der Waals surface area contributed by atoms with Gasteiger partial charge in [-0.05, 0) is 50.1 Å². The van der Waals surface area contributed by atoms with E-state index in [0.717, 1.165) is 17.0 Å². The molecule has 0 N–H and O–H groups in total. The highest BCUT2D eigenvalue weighted by Crippen LogP contribution is 2.34. The highest BCUT2D eigenvalue weighted by atomic mass is 35.5. The Bertz CT molecular complexity index is 607. The van der Waals surface area contributed by atoms with Crippen molar-refractivity contribution < 1.29 is 4.74 Å². The van der Waals surface area contributed by atoms with E-state index in [0.29, 0.717) is 23.5 Å². The lowest BCUT2D eigenvalue weighted by molar-refractivity contribution is 0.340. The molecule has 0 bridgehead atoms. The van der Waals surface area contributed by atoms with Gasteiger partial charge >= 0.3 is 0 Å². The van der Waals surface area contributed by atoms with Crippen LogP contribution in [0.15, 0.2) is 30.3 Å². The molecule has 1 aromatic heterocycles. The lowest BCUT2D eigenvalue weighted by Gasteiger charge is -2.11. The molecule has 0 atom stereocenters. The lowest BCUT2D eigenvalue weighted by Crippen LogP contribution is -2.00. The van der Waals surface area contributed by atoms with Crippen LogP contribution >= 0.6 is 11.6 Å². The Balaban J connectivity index is 1.90. The summed E-state index contributed by atoms with van der Waals surface area (Å²) in [4.78, 5) is 9.09. The summed E-state index contributed by atoms with van der Waals surface area (Å²) in [7, 11) is 0. The molecule has 1 aliphatic carbocycles. The summed E-state index contributed by atoms with van der Waals surface area (Å²) in [5, 5.41) is 0.524. The van der Waals surface area contributed by atoms with E-state index in [1.54, 1.807) is 0 Å². The summed E-state index contributed by atoms with van der Waals surface area (Å²) in [6.07, 6.45) is 4.97. The molecule has 0 radical (unpaired) electrons. The maximum absolute atomic E-state index is 6.18. The average molecular weight is 303 g/mol. The number of halogens is 1. The summed E-state index contributed by atoms with van der Waals surface area (Å²) in [6, 6.07) is 9.76. The fourth-order valence-corrected chi connectivity index (χ4v) is 3.05. The Kier molecular flexibility index (Phi) is 4.39. The summed E-state index contributed by atoms with van der Waals surface area (Å²) in [6.45, 7) is 2.64. The van der Waals surface area contributed by atoms with Crippen LogP contribution in [-0.2, 0) is 0 Å². The van der Waals surface area contributed by atoms with Gasteiger partial charge in [-0.1, -0.05) is 24.4 Å². The van der Waals surface area contributed by atoms with Crippen molar-refractivity contribution >= 4 is 11.6 Å². The number of ether oxygens (including phenoxy) is 1. The third-order valence-corrected chi connectivity index (χ3v) is 4.11. The molecule has 3 rings (SSSR count). The third-order valence-electron chi connectivity index (χ3n) is 3.91. The fourth-order valence-electron chi connectivity index (χ4n) is 2.86. The van der Waals surface area contributed by atoms with Gasteiger partial charge in [0.05, 0.1) is 6.61 Å². The van der Waals surface area contributed by atoms with E-state index in [9.17, 15) is 0 Å². The van der Waals surface area contributed by atoms with Gasteiger partial charge < -0.3 is 4.74 Å². The van der Waals surface area contributed by atoms with Crippen molar-refractivity contribution in [3.63, 3.8) is 0 Å². The molecule has 1 saturated carbocycles. The molecule has 1 aliphatic rings. The second kappa shape index (κ2) is 6.44. The minimum absolute atomic E-state index is 0.524. The predicted molar refractivity (Wildman–Crippen MR) is 84.9 cm³/mol. The van der Waals surface area contributed by atoms with E-state index in [4.69, 9.17) is 21.3 Å². The molecule has 21 heavy (non-hydrogen) atoms. The number of hydrogen-bond donors (Lipinski definition) is 0. The molecule has 2 aromatic rings. The predicted octanol–water partition coefficient (Wildman–Crippen LogP) is 4.85. The van der Waals surface area contributed by atoms with Gasteiger partial charge in [0.15, 0.2) is 5.82 Å². The van der Waals surface area contributed by atoms with Gasteiger partial charge in [-0.2, -0.15) is 0 Å². The summed E-state index contributed by atoms with van der Waals surface area (Å²) >= 11 is 6.18. The zero-order valence-corrected chi connectivity index (χ0v) is 12.9. The maximum Gasteiger partial charge on any atom is 0.161 e. The van der Waals surface area contributed by atoms with Crippen molar-refractivity contribution in [1.29, 1.82) is 0 Å². The molecule has 0 spiro atoms. The molecule has 1 aromatic carbocycles. The minimum atomic E-state index is 0.524. The van der Waals surface area contributed by atoms with E-state index in [2.05, 4.69) is 4.98 Å². The van der Waals surface area contributed by atoms with Crippen molar-refractivity contribution in [2.45, 2.75) is 38.5 Å². The van der Waals surface area contributed by atoms with Gasteiger partial charge in [0.1, 0.15) is 10.9 Å². The maximum atomic E-state index is 6.18. The molecule has 1 fully saturated rings. The minimum Gasteiger partial charge on any atom is -0.494 e. The second-order valence-corrected chi connectivity index (χ2v) is 5.77.